The Balaban J connectivity index is 2.20. The third-order valence-electron chi connectivity index (χ3n) is 2.91. The number of Topliss-reactive ketones (excluding diaryl/α,β-unsaturated/α-hetero) is 1. The molecular formula is C11H12BrNO. The lowest BCUT2D eigenvalue weighted by Gasteiger charge is -2.34. The minimum absolute atomic E-state index is 0.228. The zero-order chi connectivity index (χ0) is 10.1. The van der Waals surface area contributed by atoms with Gasteiger partial charge in [-0.05, 0) is 34.0 Å². The SMILES string of the molecule is CCC1C(=O)CC1c1cncc(Br)c1. The lowest BCUT2D eigenvalue weighted by Crippen LogP contribution is -2.34. The summed E-state index contributed by atoms with van der Waals surface area (Å²) in [5, 5.41) is 0. The third-order valence-corrected chi connectivity index (χ3v) is 3.35. The molecule has 2 nitrogen and oxygen atoms in total. The molecule has 14 heavy (non-hydrogen) atoms. The maximum atomic E-state index is 11.3. The van der Waals surface area contributed by atoms with E-state index in [-0.39, 0.29) is 5.92 Å². The Hall–Kier alpha value is -0.700. The summed E-state index contributed by atoms with van der Waals surface area (Å²) in [5.74, 6) is 1.03. The first-order chi connectivity index (χ1) is 6.72. The van der Waals surface area contributed by atoms with E-state index in [1.165, 1.54) is 5.56 Å². The van der Waals surface area contributed by atoms with Gasteiger partial charge in [-0.2, -0.15) is 0 Å². The first kappa shape index (κ1) is 9.84. The number of rotatable bonds is 2. The van der Waals surface area contributed by atoms with E-state index in [4.69, 9.17) is 0 Å². The Morgan fingerprint density at radius 3 is 2.93 bits per heavy atom. The van der Waals surface area contributed by atoms with Gasteiger partial charge in [0, 0.05) is 35.1 Å². The number of halogens is 1. The van der Waals surface area contributed by atoms with Gasteiger partial charge in [-0.25, -0.2) is 0 Å². The molecule has 1 aliphatic carbocycles. The summed E-state index contributed by atoms with van der Waals surface area (Å²) in [6.07, 6.45) is 5.27. The molecule has 0 N–H and O–H groups in total. The molecule has 0 aromatic carbocycles. The number of aromatic nitrogens is 1. The molecule has 0 spiro atoms. The number of nitrogens with zero attached hydrogens (tertiary/aromatic N) is 1. The lowest BCUT2D eigenvalue weighted by atomic mass is 9.68. The number of carbonyl (C=O) groups is 1. The maximum absolute atomic E-state index is 11.3. The van der Waals surface area contributed by atoms with Crippen LogP contribution in [0.3, 0.4) is 0 Å². The van der Waals surface area contributed by atoms with Crippen LogP contribution in [0, 0.1) is 5.92 Å². The summed E-state index contributed by atoms with van der Waals surface area (Å²) in [7, 11) is 0. The fraction of sp³-hybridized carbons (Fsp3) is 0.455. The Morgan fingerprint density at radius 1 is 1.57 bits per heavy atom. The largest absolute Gasteiger partial charge is 0.299 e. The topological polar surface area (TPSA) is 30.0 Å². The van der Waals surface area contributed by atoms with Gasteiger partial charge in [-0.1, -0.05) is 6.92 Å². The van der Waals surface area contributed by atoms with Gasteiger partial charge < -0.3 is 0 Å². The molecule has 0 bridgehead atoms. The minimum Gasteiger partial charge on any atom is -0.299 e. The van der Waals surface area contributed by atoms with Crippen LogP contribution >= 0.6 is 15.9 Å². The van der Waals surface area contributed by atoms with Crippen LogP contribution in [0.4, 0.5) is 0 Å². The molecule has 0 amide bonds. The number of hydrogen-bond acceptors (Lipinski definition) is 2. The van der Waals surface area contributed by atoms with Gasteiger partial charge in [0.2, 0.25) is 0 Å². The molecule has 1 heterocycles. The molecule has 0 radical (unpaired) electrons. The van der Waals surface area contributed by atoms with Crippen LogP contribution in [0.25, 0.3) is 0 Å². The fourth-order valence-corrected chi connectivity index (χ4v) is 2.45. The van der Waals surface area contributed by atoms with Crippen molar-refractivity contribution in [2.24, 2.45) is 5.92 Å². The molecule has 1 saturated carbocycles. The highest BCUT2D eigenvalue weighted by molar-refractivity contribution is 9.10. The van der Waals surface area contributed by atoms with Crippen LogP contribution in [-0.4, -0.2) is 10.8 Å². The van der Waals surface area contributed by atoms with Crippen molar-refractivity contribution >= 4 is 21.7 Å². The molecule has 0 saturated heterocycles. The van der Waals surface area contributed by atoms with E-state index in [1.807, 2.05) is 6.20 Å². The molecule has 1 aromatic heterocycles. The molecule has 2 unspecified atom stereocenters. The Bertz CT molecular complexity index is 364. The summed E-state index contributed by atoms with van der Waals surface area (Å²) in [5.41, 5.74) is 1.19. The molecule has 1 aliphatic rings. The molecular weight excluding hydrogens is 242 g/mol. The second kappa shape index (κ2) is 3.81. The van der Waals surface area contributed by atoms with Crippen molar-refractivity contribution in [3.05, 3.63) is 28.5 Å². The van der Waals surface area contributed by atoms with Crippen LogP contribution in [0.2, 0.25) is 0 Å². The zero-order valence-electron chi connectivity index (χ0n) is 8.03. The summed E-state index contributed by atoms with van der Waals surface area (Å²) in [4.78, 5) is 15.4. The van der Waals surface area contributed by atoms with Crippen LogP contribution in [0.15, 0.2) is 22.9 Å². The van der Waals surface area contributed by atoms with Gasteiger partial charge in [0.15, 0.2) is 0 Å². The van der Waals surface area contributed by atoms with E-state index < -0.39 is 0 Å². The molecule has 74 valence electrons. The summed E-state index contributed by atoms with van der Waals surface area (Å²) in [6.45, 7) is 2.07. The standard InChI is InChI=1S/C11H12BrNO/c1-2-9-10(4-11(9)14)7-3-8(12)6-13-5-7/h3,5-6,9-10H,2,4H2,1H3. The van der Waals surface area contributed by atoms with Crippen molar-refractivity contribution < 1.29 is 4.79 Å². The normalized spacial score (nSPS) is 26.0. The smallest absolute Gasteiger partial charge is 0.137 e. The van der Waals surface area contributed by atoms with Crippen molar-refractivity contribution in [1.82, 2.24) is 4.98 Å². The number of pyridine rings is 1. The summed E-state index contributed by atoms with van der Waals surface area (Å²) >= 11 is 3.39. The maximum Gasteiger partial charge on any atom is 0.137 e. The summed E-state index contributed by atoms with van der Waals surface area (Å²) < 4.78 is 0.990. The molecule has 1 aromatic rings. The minimum atomic E-state index is 0.228. The third kappa shape index (κ3) is 1.61. The van der Waals surface area contributed by atoms with E-state index in [0.29, 0.717) is 18.1 Å². The highest BCUT2D eigenvalue weighted by Crippen LogP contribution is 2.41. The predicted molar refractivity (Wildman–Crippen MR) is 58.1 cm³/mol. The Morgan fingerprint density at radius 2 is 2.36 bits per heavy atom. The van der Waals surface area contributed by atoms with Crippen LogP contribution < -0.4 is 0 Å². The van der Waals surface area contributed by atoms with Crippen molar-refractivity contribution in [1.29, 1.82) is 0 Å². The van der Waals surface area contributed by atoms with Crippen LogP contribution in [-0.2, 0) is 4.79 Å². The quantitative estimate of drug-likeness (QED) is 0.812. The molecule has 3 heteroatoms. The second-order valence-electron chi connectivity index (χ2n) is 3.73. The molecule has 1 fully saturated rings. The number of carbonyl (C=O) groups excluding carboxylic acids is 1. The first-order valence-electron chi connectivity index (χ1n) is 4.85. The van der Waals surface area contributed by atoms with E-state index in [9.17, 15) is 4.79 Å². The number of ketones is 1. The monoisotopic (exact) mass is 253 g/mol. The van der Waals surface area contributed by atoms with Gasteiger partial charge in [0.25, 0.3) is 0 Å². The van der Waals surface area contributed by atoms with Gasteiger partial charge in [-0.3, -0.25) is 9.78 Å². The first-order valence-corrected chi connectivity index (χ1v) is 5.65. The lowest BCUT2D eigenvalue weighted by molar-refractivity contribution is -0.131. The highest BCUT2D eigenvalue weighted by Gasteiger charge is 2.39. The van der Waals surface area contributed by atoms with Gasteiger partial charge in [0.1, 0.15) is 5.78 Å². The van der Waals surface area contributed by atoms with E-state index in [1.54, 1.807) is 6.20 Å². The van der Waals surface area contributed by atoms with Crippen molar-refractivity contribution in [2.75, 3.05) is 0 Å². The highest BCUT2D eigenvalue weighted by atomic mass is 79.9. The fourth-order valence-electron chi connectivity index (χ4n) is 2.07. The Kier molecular flexibility index (Phi) is 2.68. The number of hydrogen-bond donors (Lipinski definition) is 0. The van der Waals surface area contributed by atoms with Crippen molar-refractivity contribution in [3.63, 3.8) is 0 Å². The van der Waals surface area contributed by atoms with Crippen molar-refractivity contribution in [2.45, 2.75) is 25.7 Å². The second-order valence-corrected chi connectivity index (χ2v) is 4.64. The molecule has 2 rings (SSSR count). The average molecular weight is 254 g/mol. The van der Waals surface area contributed by atoms with Gasteiger partial charge >= 0.3 is 0 Å². The summed E-state index contributed by atoms with van der Waals surface area (Å²) in [6, 6.07) is 2.06. The average Bonchev–Trinajstić information content (AvgIpc) is 2.14. The Labute approximate surface area is 91.9 Å². The molecule has 2 atom stereocenters. The van der Waals surface area contributed by atoms with Gasteiger partial charge in [-0.15, -0.1) is 0 Å². The van der Waals surface area contributed by atoms with E-state index in [0.717, 1.165) is 10.9 Å². The zero-order valence-corrected chi connectivity index (χ0v) is 9.62. The predicted octanol–water partition coefficient (Wildman–Crippen LogP) is 2.93. The van der Waals surface area contributed by atoms with Crippen molar-refractivity contribution in [3.8, 4) is 0 Å². The van der Waals surface area contributed by atoms with E-state index in [2.05, 4.69) is 33.9 Å². The molecule has 0 aliphatic heterocycles. The van der Waals surface area contributed by atoms with Crippen LogP contribution in [0.1, 0.15) is 31.2 Å². The van der Waals surface area contributed by atoms with E-state index >= 15 is 0 Å². The van der Waals surface area contributed by atoms with Gasteiger partial charge in [0.05, 0.1) is 0 Å². The van der Waals surface area contributed by atoms with Crippen LogP contribution in [0.5, 0.6) is 0 Å².